The van der Waals surface area contributed by atoms with Crippen LogP contribution in [0.4, 0.5) is 0 Å². The van der Waals surface area contributed by atoms with Gasteiger partial charge in [-0.2, -0.15) is 0 Å². The molecule has 0 unspecified atom stereocenters. The van der Waals surface area contributed by atoms with Crippen LogP contribution in [-0.2, 0) is 4.74 Å². The van der Waals surface area contributed by atoms with Gasteiger partial charge in [0, 0.05) is 12.2 Å². The Morgan fingerprint density at radius 2 is 1.58 bits per heavy atom. The van der Waals surface area contributed by atoms with E-state index in [1.54, 1.807) is 0 Å². The molecular formula is C30H44O. The largest absolute Gasteiger partial charge is 0.378 e. The highest BCUT2D eigenvalue weighted by Crippen LogP contribution is 2.34. The second kappa shape index (κ2) is 13.8. The van der Waals surface area contributed by atoms with E-state index in [1.165, 1.54) is 89.0 Å². The summed E-state index contributed by atoms with van der Waals surface area (Å²) in [6.45, 7) is 5.47. The average Bonchev–Trinajstić information content (AvgIpc) is 2.82. The molecule has 0 N–H and O–H groups in total. The highest BCUT2D eigenvalue weighted by Gasteiger charge is 2.22. The third kappa shape index (κ3) is 8.50. The molecule has 0 atom stereocenters. The van der Waals surface area contributed by atoms with E-state index in [1.807, 2.05) is 0 Å². The Morgan fingerprint density at radius 3 is 2.26 bits per heavy atom. The van der Waals surface area contributed by atoms with Gasteiger partial charge < -0.3 is 4.74 Å². The van der Waals surface area contributed by atoms with Crippen LogP contribution in [0.1, 0.15) is 114 Å². The molecule has 1 aromatic carbocycles. The second-order valence-corrected chi connectivity index (χ2v) is 9.87. The van der Waals surface area contributed by atoms with Gasteiger partial charge in [-0.05, 0) is 99.3 Å². The molecule has 31 heavy (non-hydrogen) atoms. The number of rotatable bonds is 9. The first-order valence-corrected chi connectivity index (χ1v) is 13.2. The van der Waals surface area contributed by atoms with Gasteiger partial charge in [0.15, 0.2) is 0 Å². The lowest BCUT2D eigenvalue weighted by Crippen LogP contribution is -2.21. The zero-order chi connectivity index (χ0) is 21.7. The summed E-state index contributed by atoms with van der Waals surface area (Å²) in [5, 5.41) is 0. The third-order valence-corrected chi connectivity index (χ3v) is 7.43. The van der Waals surface area contributed by atoms with Gasteiger partial charge in [-0.25, -0.2) is 0 Å². The van der Waals surface area contributed by atoms with Crippen LogP contribution >= 0.6 is 0 Å². The van der Waals surface area contributed by atoms with Gasteiger partial charge in [0.1, 0.15) is 0 Å². The standard InChI is InChI=1S/C30H44O/c1-3-5-9-25-12-14-26(15-13-25)10-7-8-11-27-16-18-28(19-17-27)29-20-22-30(23-21-29)31-24-6-4-2/h7,10,16-19,25-26,29-30H,3-6,9,12-15,20-24H2,1-2H3/b10-7+. The van der Waals surface area contributed by atoms with Crippen LogP contribution in [0.15, 0.2) is 36.4 Å². The molecular weight excluding hydrogens is 376 g/mol. The smallest absolute Gasteiger partial charge is 0.0575 e. The van der Waals surface area contributed by atoms with Crippen LogP contribution in [0.2, 0.25) is 0 Å². The van der Waals surface area contributed by atoms with Gasteiger partial charge in [-0.1, -0.05) is 69.6 Å². The van der Waals surface area contributed by atoms with Crippen LogP contribution in [-0.4, -0.2) is 12.7 Å². The molecule has 1 nitrogen and oxygen atoms in total. The first kappa shape index (κ1) is 24.1. The topological polar surface area (TPSA) is 9.23 Å². The summed E-state index contributed by atoms with van der Waals surface area (Å²) >= 11 is 0. The zero-order valence-corrected chi connectivity index (χ0v) is 20.1. The van der Waals surface area contributed by atoms with Crippen molar-refractivity contribution in [3.63, 3.8) is 0 Å². The molecule has 3 rings (SSSR count). The number of unbranched alkanes of at least 4 members (excludes halogenated alkanes) is 2. The van der Waals surface area contributed by atoms with E-state index in [2.05, 4.69) is 62.1 Å². The van der Waals surface area contributed by atoms with Crippen molar-refractivity contribution in [3.05, 3.63) is 47.5 Å². The molecule has 0 heterocycles. The highest BCUT2D eigenvalue weighted by molar-refractivity contribution is 5.39. The minimum Gasteiger partial charge on any atom is -0.378 e. The van der Waals surface area contributed by atoms with E-state index in [4.69, 9.17) is 4.74 Å². The Hall–Kier alpha value is -1.52. The van der Waals surface area contributed by atoms with Crippen molar-refractivity contribution in [2.75, 3.05) is 6.61 Å². The molecule has 0 amide bonds. The van der Waals surface area contributed by atoms with Gasteiger partial charge in [0.2, 0.25) is 0 Å². The molecule has 1 heteroatoms. The molecule has 0 aromatic heterocycles. The fourth-order valence-electron chi connectivity index (χ4n) is 5.27. The minimum absolute atomic E-state index is 0.492. The van der Waals surface area contributed by atoms with E-state index in [9.17, 15) is 0 Å². The summed E-state index contributed by atoms with van der Waals surface area (Å²) in [7, 11) is 0. The van der Waals surface area contributed by atoms with Crippen molar-refractivity contribution in [3.8, 4) is 11.8 Å². The Morgan fingerprint density at radius 1 is 0.871 bits per heavy atom. The summed E-state index contributed by atoms with van der Waals surface area (Å²) < 4.78 is 6.02. The van der Waals surface area contributed by atoms with Crippen molar-refractivity contribution < 1.29 is 4.74 Å². The number of benzene rings is 1. The molecule has 2 aliphatic carbocycles. The fraction of sp³-hybridized carbons (Fsp3) is 0.667. The molecule has 170 valence electrons. The van der Waals surface area contributed by atoms with Gasteiger partial charge >= 0.3 is 0 Å². The molecule has 2 fully saturated rings. The fourth-order valence-corrected chi connectivity index (χ4v) is 5.27. The second-order valence-electron chi connectivity index (χ2n) is 9.87. The summed E-state index contributed by atoms with van der Waals surface area (Å²) in [5.74, 6) is 9.03. The molecule has 0 bridgehead atoms. The van der Waals surface area contributed by atoms with Crippen molar-refractivity contribution in [2.24, 2.45) is 11.8 Å². The lowest BCUT2D eigenvalue weighted by atomic mass is 9.80. The lowest BCUT2D eigenvalue weighted by Gasteiger charge is -2.29. The molecule has 0 saturated heterocycles. The Labute approximate surface area is 192 Å². The first-order valence-electron chi connectivity index (χ1n) is 13.2. The summed E-state index contributed by atoms with van der Waals surface area (Å²) in [6, 6.07) is 9.01. The summed E-state index contributed by atoms with van der Waals surface area (Å²) in [4.78, 5) is 0. The van der Waals surface area contributed by atoms with Crippen LogP contribution in [0, 0.1) is 23.7 Å². The van der Waals surface area contributed by atoms with Gasteiger partial charge in [-0.15, -0.1) is 0 Å². The third-order valence-electron chi connectivity index (χ3n) is 7.43. The van der Waals surface area contributed by atoms with Gasteiger partial charge in [0.05, 0.1) is 6.10 Å². The SMILES string of the molecule is CCCCOC1CCC(c2ccc(C#C/C=C/C3CCC(CCCC)CC3)cc2)CC1. The normalized spacial score (nSPS) is 26.5. The van der Waals surface area contributed by atoms with Crippen molar-refractivity contribution in [1.29, 1.82) is 0 Å². The van der Waals surface area contributed by atoms with Crippen LogP contribution < -0.4 is 0 Å². The van der Waals surface area contributed by atoms with Crippen LogP contribution in [0.25, 0.3) is 0 Å². The van der Waals surface area contributed by atoms with Crippen molar-refractivity contribution in [1.82, 2.24) is 0 Å². The van der Waals surface area contributed by atoms with Gasteiger partial charge in [-0.3, -0.25) is 0 Å². The average molecular weight is 421 g/mol. The molecule has 2 saturated carbocycles. The van der Waals surface area contributed by atoms with Gasteiger partial charge in [0.25, 0.3) is 0 Å². The molecule has 2 aliphatic rings. The lowest BCUT2D eigenvalue weighted by molar-refractivity contribution is 0.0232. The Bertz CT molecular complexity index is 688. The quantitative estimate of drug-likeness (QED) is 0.288. The molecule has 0 aliphatic heterocycles. The van der Waals surface area contributed by atoms with Crippen molar-refractivity contribution >= 4 is 0 Å². The number of hydrogen-bond donors (Lipinski definition) is 0. The maximum absolute atomic E-state index is 6.02. The first-order chi connectivity index (χ1) is 15.3. The maximum Gasteiger partial charge on any atom is 0.0575 e. The van der Waals surface area contributed by atoms with Crippen molar-refractivity contribution in [2.45, 2.75) is 109 Å². The Balaban J connectivity index is 1.38. The number of hydrogen-bond acceptors (Lipinski definition) is 1. The molecule has 0 radical (unpaired) electrons. The highest BCUT2D eigenvalue weighted by atomic mass is 16.5. The van der Waals surface area contributed by atoms with E-state index in [0.29, 0.717) is 12.0 Å². The van der Waals surface area contributed by atoms with E-state index in [-0.39, 0.29) is 0 Å². The summed E-state index contributed by atoms with van der Waals surface area (Å²) in [6.07, 6.45) is 22.0. The van der Waals surface area contributed by atoms with Crippen LogP contribution in [0.5, 0.6) is 0 Å². The zero-order valence-electron chi connectivity index (χ0n) is 20.1. The predicted molar refractivity (Wildman–Crippen MR) is 133 cm³/mol. The van der Waals surface area contributed by atoms with E-state index >= 15 is 0 Å². The predicted octanol–water partition coefficient (Wildman–Crippen LogP) is 8.43. The molecule has 0 spiro atoms. The number of allylic oxidation sites excluding steroid dienone is 2. The molecule has 1 aromatic rings. The van der Waals surface area contributed by atoms with E-state index < -0.39 is 0 Å². The van der Waals surface area contributed by atoms with Crippen LogP contribution in [0.3, 0.4) is 0 Å². The minimum atomic E-state index is 0.492. The maximum atomic E-state index is 6.02. The van der Waals surface area contributed by atoms with E-state index in [0.717, 1.165) is 24.0 Å². The summed E-state index contributed by atoms with van der Waals surface area (Å²) in [5.41, 5.74) is 2.61. The monoisotopic (exact) mass is 420 g/mol. The Kier molecular flexibility index (Phi) is 10.7. The number of ether oxygens (including phenoxy) is 1.